The van der Waals surface area contributed by atoms with Gasteiger partial charge in [0.25, 0.3) is 0 Å². The van der Waals surface area contributed by atoms with Gasteiger partial charge in [-0.1, -0.05) is 31.2 Å². The highest BCUT2D eigenvalue weighted by atomic mass is 32.1. The Balaban J connectivity index is 1.49. The van der Waals surface area contributed by atoms with Crippen LogP contribution in [0.15, 0.2) is 36.4 Å². The Labute approximate surface area is 113 Å². The molecule has 2 heteroatoms. The van der Waals surface area contributed by atoms with Gasteiger partial charge in [0.05, 0.1) is 0 Å². The molecule has 1 nitrogen and oxygen atoms in total. The van der Waals surface area contributed by atoms with Crippen molar-refractivity contribution in [1.29, 1.82) is 0 Å². The molecule has 1 atom stereocenters. The third-order valence-electron chi connectivity index (χ3n) is 3.72. The van der Waals surface area contributed by atoms with Crippen molar-refractivity contribution in [3.8, 4) is 0 Å². The molecule has 1 N–H and O–H groups in total. The van der Waals surface area contributed by atoms with Gasteiger partial charge in [0.1, 0.15) is 0 Å². The molecule has 18 heavy (non-hydrogen) atoms. The molecule has 1 heterocycles. The fourth-order valence-corrected chi connectivity index (χ4v) is 3.55. The number of benzene rings is 1. The average molecular weight is 257 g/mol. The van der Waals surface area contributed by atoms with Crippen LogP contribution in [0.5, 0.6) is 0 Å². The predicted molar refractivity (Wildman–Crippen MR) is 78.3 cm³/mol. The van der Waals surface area contributed by atoms with E-state index in [1.165, 1.54) is 21.7 Å². The summed E-state index contributed by atoms with van der Waals surface area (Å²) in [5, 5.41) is 3.59. The molecule has 1 aliphatic rings. The van der Waals surface area contributed by atoms with Gasteiger partial charge < -0.3 is 5.32 Å². The van der Waals surface area contributed by atoms with E-state index in [4.69, 9.17) is 0 Å². The van der Waals surface area contributed by atoms with Crippen LogP contribution in [0.25, 0.3) is 0 Å². The van der Waals surface area contributed by atoms with Crippen molar-refractivity contribution in [2.24, 2.45) is 0 Å². The summed E-state index contributed by atoms with van der Waals surface area (Å²) in [7, 11) is 0. The number of nitrogens with one attached hydrogen (secondary N) is 1. The third kappa shape index (κ3) is 2.36. The van der Waals surface area contributed by atoms with Gasteiger partial charge in [-0.25, -0.2) is 0 Å². The minimum absolute atomic E-state index is 0.729. The highest BCUT2D eigenvalue weighted by molar-refractivity contribution is 7.11. The Morgan fingerprint density at radius 2 is 2.00 bits per heavy atom. The molecule has 0 amide bonds. The smallest absolute Gasteiger partial charge is 0.0300 e. The van der Waals surface area contributed by atoms with Gasteiger partial charge in [-0.15, -0.1) is 11.3 Å². The fraction of sp³-hybridized carbons (Fsp3) is 0.375. The molecule has 0 bridgehead atoms. The highest BCUT2D eigenvalue weighted by Gasteiger charge is 2.24. The van der Waals surface area contributed by atoms with E-state index in [9.17, 15) is 0 Å². The van der Waals surface area contributed by atoms with Crippen LogP contribution in [0.2, 0.25) is 0 Å². The molecule has 3 rings (SSSR count). The normalized spacial score (nSPS) is 17.3. The lowest BCUT2D eigenvalue weighted by molar-refractivity contribution is 0.537. The summed E-state index contributed by atoms with van der Waals surface area (Å²) in [6, 6.07) is 13.3. The van der Waals surface area contributed by atoms with Crippen molar-refractivity contribution >= 4 is 11.3 Å². The lowest BCUT2D eigenvalue weighted by Crippen LogP contribution is -2.28. The van der Waals surface area contributed by atoms with Crippen LogP contribution in [0.1, 0.15) is 33.7 Å². The van der Waals surface area contributed by atoms with E-state index in [-0.39, 0.29) is 0 Å². The number of hydrogen-bond donors (Lipinski definition) is 1. The molecule has 1 aliphatic carbocycles. The summed E-state index contributed by atoms with van der Waals surface area (Å²) < 4.78 is 0. The predicted octanol–water partition coefficient (Wildman–Crippen LogP) is 3.74. The van der Waals surface area contributed by atoms with E-state index in [2.05, 4.69) is 48.6 Å². The summed E-state index contributed by atoms with van der Waals surface area (Å²) in [6.45, 7) is 4.34. The molecular formula is C16H19NS. The molecule has 94 valence electrons. The standard InChI is InChI=1S/C16H19NS/c1-2-14-7-8-15(18-14)11-17-10-13-9-12-5-3-4-6-16(12)13/h3-8,13,17H,2,9-11H2,1H3. The second kappa shape index (κ2) is 5.25. The van der Waals surface area contributed by atoms with Crippen LogP contribution in [0.3, 0.4) is 0 Å². The molecule has 0 saturated carbocycles. The van der Waals surface area contributed by atoms with Crippen molar-refractivity contribution in [3.05, 3.63) is 57.3 Å². The second-order valence-corrected chi connectivity index (χ2v) is 6.21. The van der Waals surface area contributed by atoms with E-state index in [1.807, 2.05) is 11.3 Å². The van der Waals surface area contributed by atoms with Gasteiger partial charge in [-0.2, -0.15) is 0 Å². The molecule has 0 spiro atoms. The first-order chi connectivity index (χ1) is 8.86. The Bertz CT molecular complexity index is 529. The molecule has 1 aromatic heterocycles. The van der Waals surface area contributed by atoms with Crippen molar-refractivity contribution in [2.75, 3.05) is 6.54 Å². The SMILES string of the molecule is CCc1ccc(CNCC2Cc3ccccc32)s1. The quantitative estimate of drug-likeness (QED) is 0.860. The van der Waals surface area contributed by atoms with Crippen molar-refractivity contribution < 1.29 is 0 Å². The lowest BCUT2D eigenvalue weighted by Gasteiger charge is -2.30. The van der Waals surface area contributed by atoms with Crippen LogP contribution in [-0.4, -0.2) is 6.54 Å². The highest BCUT2D eigenvalue weighted by Crippen LogP contribution is 2.34. The molecular weight excluding hydrogens is 238 g/mol. The minimum Gasteiger partial charge on any atom is -0.311 e. The number of aryl methyl sites for hydroxylation is 1. The Hall–Kier alpha value is -1.12. The number of hydrogen-bond acceptors (Lipinski definition) is 2. The van der Waals surface area contributed by atoms with Crippen LogP contribution < -0.4 is 5.32 Å². The number of rotatable bonds is 5. The Morgan fingerprint density at radius 1 is 1.17 bits per heavy atom. The largest absolute Gasteiger partial charge is 0.311 e. The topological polar surface area (TPSA) is 12.0 Å². The van der Waals surface area contributed by atoms with Crippen LogP contribution >= 0.6 is 11.3 Å². The first-order valence-corrected chi connectivity index (χ1v) is 7.54. The van der Waals surface area contributed by atoms with E-state index in [0.717, 1.165) is 25.4 Å². The summed E-state index contributed by atoms with van der Waals surface area (Å²) in [6.07, 6.45) is 2.40. The first-order valence-electron chi connectivity index (χ1n) is 6.73. The van der Waals surface area contributed by atoms with E-state index >= 15 is 0 Å². The first kappa shape index (κ1) is 11.9. The molecule has 2 aromatic rings. The van der Waals surface area contributed by atoms with Crippen molar-refractivity contribution in [2.45, 2.75) is 32.2 Å². The zero-order valence-corrected chi connectivity index (χ0v) is 11.6. The Kier molecular flexibility index (Phi) is 3.48. The van der Waals surface area contributed by atoms with Crippen LogP contribution in [-0.2, 0) is 19.4 Å². The summed E-state index contributed by atoms with van der Waals surface area (Å²) in [5.74, 6) is 0.729. The minimum atomic E-state index is 0.729. The number of thiophene rings is 1. The van der Waals surface area contributed by atoms with Crippen LogP contribution in [0.4, 0.5) is 0 Å². The van der Waals surface area contributed by atoms with Gasteiger partial charge in [0, 0.05) is 28.8 Å². The summed E-state index contributed by atoms with van der Waals surface area (Å²) in [4.78, 5) is 2.94. The van der Waals surface area contributed by atoms with E-state index in [1.54, 1.807) is 5.56 Å². The molecule has 0 fully saturated rings. The van der Waals surface area contributed by atoms with Gasteiger partial charge in [0.2, 0.25) is 0 Å². The van der Waals surface area contributed by atoms with Gasteiger partial charge in [-0.05, 0) is 36.1 Å². The van der Waals surface area contributed by atoms with E-state index < -0.39 is 0 Å². The lowest BCUT2D eigenvalue weighted by atomic mass is 9.77. The van der Waals surface area contributed by atoms with E-state index in [0.29, 0.717) is 0 Å². The maximum absolute atomic E-state index is 3.59. The zero-order valence-electron chi connectivity index (χ0n) is 10.8. The molecule has 0 radical (unpaired) electrons. The summed E-state index contributed by atoms with van der Waals surface area (Å²) in [5.41, 5.74) is 3.08. The van der Waals surface area contributed by atoms with Crippen LogP contribution in [0, 0.1) is 0 Å². The monoisotopic (exact) mass is 257 g/mol. The Morgan fingerprint density at radius 3 is 2.78 bits per heavy atom. The molecule has 1 unspecified atom stereocenters. The maximum atomic E-state index is 3.59. The van der Waals surface area contributed by atoms with Gasteiger partial charge >= 0.3 is 0 Å². The maximum Gasteiger partial charge on any atom is 0.0300 e. The molecule has 0 aliphatic heterocycles. The summed E-state index contributed by atoms with van der Waals surface area (Å²) >= 11 is 1.93. The second-order valence-electron chi connectivity index (χ2n) is 4.95. The van der Waals surface area contributed by atoms with Crippen molar-refractivity contribution in [3.63, 3.8) is 0 Å². The van der Waals surface area contributed by atoms with Gasteiger partial charge in [0.15, 0.2) is 0 Å². The van der Waals surface area contributed by atoms with Crippen molar-refractivity contribution in [1.82, 2.24) is 5.32 Å². The fourth-order valence-electron chi connectivity index (χ4n) is 2.62. The average Bonchev–Trinajstić information content (AvgIpc) is 2.83. The van der Waals surface area contributed by atoms with Gasteiger partial charge in [-0.3, -0.25) is 0 Å². The molecule has 0 saturated heterocycles. The molecule has 1 aromatic carbocycles. The number of fused-ring (bicyclic) bond motifs is 1. The third-order valence-corrected chi connectivity index (χ3v) is 4.95. The zero-order chi connectivity index (χ0) is 12.4.